The molecular weight excluding hydrogens is 194 g/mol. The maximum Gasteiger partial charge on any atom is 0.236 e. The van der Waals surface area contributed by atoms with Crippen molar-refractivity contribution in [2.75, 3.05) is 13.1 Å². The van der Waals surface area contributed by atoms with Crippen LogP contribution >= 0.6 is 0 Å². The monoisotopic (exact) mass is 215 g/mol. The third-order valence-electron chi connectivity index (χ3n) is 1.77. The average molecular weight is 215 g/mol. The SMILES string of the molecule is CC(C)CNC(=O)CCNC(=O)[C@H](C)N. The normalized spacial score (nSPS) is 12.3. The van der Waals surface area contributed by atoms with E-state index in [0.717, 1.165) is 0 Å². The Balaban J connectivity index is 3.51. The zero-order valence-electron chi connectivity index (χ0n) is 9.67. The number of rotatable bonds is 6. The molecule has 2 amide bonds. The Morgan fingerprint density at radius 3 is 2.27 bits per heavy atom. The van der Waals surface area contributed by atoms with Gasteiger partial charge in [-0.05, 0) is 12.8 Å². The van der Waals surface area contributed by atoms with Crippen molar-refractivity contribution in [2.45, 2.75) is 33.2 Å². The topological polar surface area (TPSA) is 84.2 Å². The summed E-state index contributed by atoms with van der Waals surface area (Å²) in [6.07, 6.45) is 0.297. The lowest BCUT2D eigenvalue weighted by Crippen LogP contribution is -2.40. The zero-order valence-corrected chi connectivity index (χ0v) is 9.67. The molecule has 0 aliphatic heterocycles. The van der Waals surface area contributed by atoms with E-state index in [9.17, 15) is 9.59 Å². The Bertz CT molecular complexity index is 215. The molecule has 88 valence electrons. The van der Waals surface area contributed by atoms with Crippen LogP contribution in [0.1, 0.15) is 27.2 Å². The van der Waals surface area contributed by atoms with Crippen molar-refractivity contribution in [2.24, 2.45) is 11.7 Å². The van der Waals surface area contributed by atoms with E-state index in [0.29, 0.717) is 25.4 Å². The molecule has 0 saturated carbocycles. The number of carbonyl (C=O) groups excluding carboxylic acids is 2. The maximum absolute atomic E-state index is 11.2. The molecule has 0 aromatic heterocycles. The van der Waals surface area contributed by atoms with Gasteiger partial charge in [0.25, 0.3) is 0 Å². The van der Waals surface area contributed by atoms with Gasteiger partial charge < -0.3 is 16.4 Å². The van der Waals surface area contributed by atoms with E-state index in [4.69, 9.17) is 5.73 Å². The Kier molecular flexibility index (Phi) is 6.70. The fourth-order valence-electron chi connectivity index (χ4n) is 0.867. The first-order valence-corrected chi connectivity index (χ1v) is 5.23. The van der Waals surface area contributed by atoms with Crippen molar-refractivity contribution >= 4 is 11.8 Å². The Morgan fingerprint density at radius 2 is 1.80 bits per heavy atom. The summed E-state index contributed by atoms with van der Waals surface area (Å²) < 4.78 is 0. The van der Waals surface area contributed by atoms with Gasteiger partial charge in [0.05, 0.1) is 6.04 Å². The van der Waals surface area contributed by atoms with Crippen LogP contribution in [-0.2, 0) is 9.59 Å². The van der Waals surface area contributed by atoms with Crippen molar-refractivity contribution in [3.8, 4) is 0 Å². The van der Waals surface area contributed by atoms with Gasteiger partial charge in [-0.2, -0.15) is 0 Å². The average Bonchev–Trinajstić information content (AvgIpc) is 2.14. The highest BCUT2D eigenvalue weighted by atomic mass is 16.2. The van der Waals surface area contributed by atoms with Crippen molar-refractivity contribution < 1.29 is 9.59 Å². The molecule has 0 spiro atoms. The van der Waals surface area contributed by atoms with Crippen LogP contribution in [0.3, 0.4) is 0 Å². The molecule has 5 nitrogen and oxygen atoms in total. The number of hydrogen-bond donors (Lipinski definition) is 3. The van der Waals surface area contributed by atoms with Crippen LogP contribution in [0.4, 0.5) is 0 Å². The number of carbonyl (C=O) groups is 2. The summed E-state index contributed by atoms with van der Waals surface area (Å²) >= 11 is 0. The molecule has 0 aromatic carbocycles. The van der Waals surface area contributed by atoms with Crippen LogP contribution in [0, 0.1) is 5.92 Å². The van der Waals surface area contributed by atoms with E-state index in [1.807, 2.05) is 13.8 Å². The van der Waals surface area contributed by atoms with E-state index in [2.05, 4.69) is 10.6 Å². The van der Waals surface area contributed by atoms with Crippen molar-refractivity contribution in [3.05, 3.63) is 0 Å². The summed E-state index contributed by atoms with van der Waals surface area (Å²) in [6, 6.07) is -0.524. The van der Waals surface area contributed by atoms with Gasteiger partial charge in [0.2, 0.25) is 11.8 Å². The first-order chi connectivity index (χ1) is 6.93. The van der Waals surface area contributed by atoms with Gasteiger partial charge in [-0.3, -0.25) is 9.59 Å². The fourth-order valence-corrected chi connectivity index (χ4v) is 0.867. The van der Waals surface area contributed by atoms with Gasteiger partial charge in [-0.25, -0.2) is 0 Å². The molecule has 1 atom stereocenters. The van der Waals surface area contributed by atoms with E-state index in [1.165, 1.54) is 0 Å². The third kappa shape index (κ3) is 7.93. The molecule has 0 unspecified atom stereocenters. The second-order valence-electron chi connectivity index (χ2n) is 4.03. The van der Waals surface area contributed by atoms with E-state index < -0.39 is 6.04 Å². The van der Waals surface area contributed by atoms with Gasteiger partial charge in [-0.1, -0.05) is 13.8 Å². The highest BCUT2D eigenvalue weighted by Crippen LogP contribution is 1.88. The smallest absolute Gasteiger partial charge is 0.236 e. The van der Waals surface area contributed by atoms with Crippen LogP contribution in [0.15, 0.2) is 0 Å². The fraction of sp³-hybridized carbons (Fsp3) is 0.800. The summed E-state index contributed by atoms with van der Waals surface area (Å²) in [5.41, 5.74) is 5.34. The number of nitrogens with one attached hydrogen (secondary N) is 2. The van der Waals surface area contributed by atoms with E-state index in [1.54, 1.807) is 6.92 Å². The molecule has 0 aliphatic rings. The van der Waals surface area contributed by atoms with Crippen molar-refractivity contribution in [3.63, 3.8) is 0 Å². The highest BCUT2D eigenvalue weighted by Gasteiger charge is 2.07. The van der Waals surface area contributed by atoms with Crippen LogP contribution in [-0.4, -0.2) is 30.9 Å². The minimum atomic E-state index is -0.524. The van der Waals surface area contributed by atoms with Crippen LogP contribution in [0.5, 0.6) is 0 Å². The van der Waals surface area contributed by atoms with Gasteiger partial charge in [0, 0.05) is 19.5 Å². The molecule has 0 aromatic rings. The lowest BCUT2D eigenvalue weighted by Gasteiger charge is -2.09. The van der Waals surface area contributed by atoms with Crippen LogP contribution in [0.2, 0.25) is 0 Å². The molecule has 0 radical (unpaired) electrons. The third-order valence-corrected chi connectivity index (χ3v) is 1.77. The molecule has 0 saturated heterocycles. The Morgan fingerprint density at radius 1 is 1.20 bits per heavy atom. The molecule has 4 N–H and O–H groups in total. The maximum atomic E-state index is 11.2. The quantitative estimate of drug-likeness (QED) is 0.564. The second-order valence-corrected chi connectivity index (χ2v) is 4.03. The molecule has 0 fully saturated rings. The minimum Gasteiger partial charge on any atom is -0.356 e. The molecule has 5 heteroatoms. The predicted molar refractivity (Wildman–Crippen MR) is 59.1 cm³/mol. The molecule has 0 aliphatic carbocycles. The molecular formula is C10H21N3O2. The first kappa shape index (κ1) is 13.9. The molecule has 0 bridgehead atoms. The first-order valence-electron chi connectivity index (χ1n) is 5.23. The summed E-state index contributed by atoms with van der Waals surface area (Å²) in [7, 11) is 0. The number of amides is 2. The van der Waals surface area contributed by atoms with Crippen LogP contribution in [0.25, 0.3) is 0 Å². The molecule has 0 heterocycles. The second kappa shape index (κ2) is 7.23. The van der Waals surface area contributed by atoms with Gasteiger partial charge in [-0.15, -0.1) is 0 Å². The van der Waals surface area contributed by atoms with E-state index in [-0.39, 0.29) is 11.8 Å². The number of nitrogens with two attached hydrogens (primary N) is 1. The lowest BCUT2D eigenvalue weighted by atomic mass is 10.2. The van der Waals surface area contributed by atoms with Gasteiger partial charge in [0.15, 0.2) is 0 Å². The lowest BCUT2D eigenvalue weighted by molar-refractivity contribution is -0.122. The highest BCUT2D eigenvalue weighted by molar-refractivity contribution is 5.82. The standard InChI is InChI=1S/C10H21N3O2/c1-7(2)6-13-9(14)4-5-12-10(15)8(3)11/h7-8H,4-6,11H2,1-3H3,(H,12,15)(H,13,14)/t8-/m0/s1. The summed E-state index contributed by atoms with van der Waals surface area (Å²) in [6.45, 7) is 6.66. The summed E-state index contributed by atoms with van der Waals surface area (Å²) in [4.78, 5) is 22.2. The number of hydrogen-bond acceptors (Lipinski definition) is 3. The van der Waals surface area contributed by atoms with E-state index >= 15 is 0 Å². The minimum absolute atomic E-state index is 0.0475. The molecule has 15 heavy (non-hydrogen) atoms. The van der Waals surface area contributed by atoms with Crippen molar-refractivity contribution in [1.29, 1.82) is 0 Å². The summed E-state index contributed by atoms with van der Waals surface area (Å²) in [5, 5.41) is 5.34. The predicted octanol–water partition coefficient (Wildman–Crippen LogP) is -0.388. The Labute approximate surface area is 90.8 Å². The van der Waals surface area contributed by atoms with Crippen molar-refractivity contribution in [1.82, 2.24) is 10.6 Å². The van der Waals surface area contributed by atoms with Gasteiger partial charge in [0.1, 0.15) is 0 Å². The zero-order chi connectivity index (χ0) is 11.8. The van der Waals surface area contributed by atoms with Gasteiger partial charge >= 0.3 is 0 Å². The largest absolute Gasteiger partial charge is 0.356 e. The Hall–Kier alpha value is -1.10. The van der Waals surface area contributed by atoms with Crippen LogP contribution < -0.4 is 16.4 Å². The molecule has 0 rings (SSSR count). The summed E-state index contributed by atoms with van der Waals surface area (Å²) in [5.74, 6) is 0.160.